The number of hydrogen-bond acceptors (Lipinski definition) is 6. The number of nitrogen functional groups attached to an aromatic ring is 1. The molecule has 0 unspecified atom stereocenters. The number of hydrogen-bond donors (Lipinski definition) is 2. The number of nitrogens with two attached hydrogens (primary N) is 1. The van der Waals surface area contributed by atoms with Gasteiger partial charge in [0, 0.05) is 17.0 Å². The Balaban J connectivity index is 1.96. The van der Waals surface area contributed by atoms with Gasteiger partial charge in [0.2, 0.25) is 5.95 Å². The van der Waals surface area contributed by atoms with Gasteiger partial charge in [0.25, 0.3) is 5.56 Å². The number of fused-ring (bicyclic) bond motifs is 1. The Hall–Kier alpha value is -2.93. The molecule has 0 spiro atoms. The third-order valence-electron chi connectivity index (χ3n) is 5.53. The molecule has 1 aliphatic carbocycles. The number of rotatable bonds is 3. The Labute approximate surface area is 162 Å². The second-order valence-corrected chi connectivity index (χ2v) is 7.33. The molecule has 28 heavy (non-hydrogen) atoms. The summed E-state index contributed by atoms with van der Waals surface area (Å²) in [7, 11) is 1.61. The molecule has 3 N–H and O–H groups in total. The molecule has 0 saturated heterocycles. The van der Waals surface area contributed by atoms with Crippen molar-refractivity contribution in [1.82, 2.24) is 14.5 Å². The van der Waals surface area contributed by atoms with Gasteiger partial charge in [-0.1, -0.05) is 12.1 Å². The van der Waals surface area contributed by atoms with E-state index in [1.165, 1.54) is 0 Å². The van der Waals surface area contributed by atoms with Crippen molar-refractivity contribution in [3.63, 3.8) is 0 Å². The van der Waals surface area contributed by atoms with Crippen LogP contribution in [0.15, 0.2) is 35.1 Å². The van der Waals surface area contributed by atoms with Gasteiger partial charge in [0.1, 0.15) is 11.4 Å². The van der Waals surface area contributed by atoms with Crippen LogP contribution in [0.5, 0.6) is 5.75 Å². The molecule has 1 fully saturated rings. The van der Waals surface area contributed by atoms with E-state index in [9.17, 15) is 9.90 Å². The Morgan fingerprint density at radius 1 is 1.14 bits per heavy atom. The molecule has 1 aliphatic rings. The fraction of sp³-hybridized carbons (Fsp3) is 0.381. The third kappa shape index (κ3) is 3.22. The molecule has 0 atom stereocenters. The summed E-state index contributed by atoms with van der Waals surface area (Å²) in [5.41, 5.74) is 8.49. The highest BCUT2D eigenvalue weighted by atomic mass is 16.5. The summed E-state index contributed by atoms with van der Waals surface area (Å²) in [4.78, 5) is 22.2. The zero-order valence-electron chi connectivity index (χ0n) is 16.1. The van der Waals surface area contributed by atoms with Gasteiger partial charge in [-0.25, -0.2) is 4.98 Å². The molecule has 2 aromatic heterocycles. The highest BCUT2D eigenvalue weighted by Crippen LogP contribution is 2.32. The number of pyridine rings is 1. The lowest BCUT2D eigenvalue weighted by molar-refractivity contribution is 0.111. The quantitative estimate of drug-likeness (QED) is 0.724. The topological polar surface area (TPSA) is 103 Å². The van der Waals surface area contributed by atoms with Crippen LogP contribution in [0, 0.1) is 6.92 Å². The number of ether oxygens (including phenoxy) is 1. The number of aliphatic hydroxyl groups excluding tert-OH is 1. The predicted molar refractivity (Wildman–Crippen MR) is 108 cm³/mol. The number of aliphatic hydroxyl groups is 1. The highest BCUT2D eigenvalue weighted by molar-refractivity contribution is 5.84. The Bertz CT molecular complexity index is 1070. The smallest absolute Gasteiger partial charge is 0.260 e. The maximum atomic E-state index is 13.5. The molecule has 0 bridgehead atoms. The van der Waals surface area contributed by atoms with E-state index in [0.29, 0.717) is 24.1 Å². The molecule has 2 heterocycles. The maximum absolute atomic E-state index is 13.5. The van der Waals surface area contributed by atoms with Crippen molar-refractivity contribution in [2.75, 3.05) is 12.8 Å². The number of aryl methyl sites for hydroxylation is 1. The first-order chi connectivity index (χ1) is 13.5. The molecule has 146 valence electrons. The van der Waals surface area contributed by atoms with E-state index in [0.717, 1.165) is 35.2 Å². The average Bonchev–Trinajstić information content (AvgIpc) is 2.69. The van der Waals surface area contributed by atoms with E-state index < -0.39 is 0 Å². The van der Waals surface area contributed by atoms with Gasteiger partial charge in [-0.05, 0) is 56.4 Å². The molecular formula is C21H24N4O3. The van der Waals surface area contributed by atoms with Crippen LogP contribution in [-0.2, 0) is 0 Å². The zero-order chi connectivity index (χ0) is 19.8. The minimum absolute atomic E-state index is 0.0229. The molecule has 0 amide bonds. The molecule has 4 rings (SSSR count). The van der Waals surface area contributed by atoms with Gasteiger partial charge >= 0.3 is 0 Å². The van der Waals surface area contributed by atoms with Crippen LogP contribution in [-0.4, -0.2) is 32.9 Å². The largest absolute Gasteiger partial charge is 0.497 e. The molecule has 1 saturated carbocycles. The summed E-state index contributed by atoms with van der Waals surface area (Å²) in [6.07, 6.45) is 2.50. The summed E-state index contributed by atoms with van der Waals surface area (Å²) < 4.78 is 6.98. The lowest BCUT2D eigenvalue weighted by Gasteiger charge is -2.28. The molecular weight excluding hydrogens is 356 g/mol. The number of aromatic nitrogens is 3. The average molecular weight is 380 g/mol. The fourth-order valence-electron chi connectivity index (χ4n) is 4.00. The van der Waals surface area contributed by atoms with Gasteiger partial charge in [0.15, 0.2) is 0 Å². The van der Waals surface area contributed by atoms with Crippen molar-refractivity contribution in [2.24, 2.45) is 0 Å². The van der Waals surface area contributed by atoms with Crippen molar-refractivity contribution in [3.8, 4) is 16.9 Å². The van der Waals surface area contributed by atoms with Crippen molar-refractivity contribution in [1.29, 1.82) is 0 Å². The van der Waals surface area contributed by atoms with Gasteiger partial charge in [-0.2, -0.15) is 4.98 Å². The standard InChI is InChI=1S/C21H24N4O3/c1-12-17-11-18(13-3-9-16(28-2)10-4-13)20(27)25(19(17)24-21(22)23-12)14-5-7-15(26)8-6-14/h3-4,9-11,14-15,26H,5-8H2,1-2H3,(H2,22,23,24). The third-order valence-corrected chi connectivity index (χ3v) is 5.53. The maximum Gasteiger partial charge on any atom is 0.260 e. The summed E-state index contributed by atoms with van der Waals surface area (Å²) in [5.74, 6) is 0.893. The Kier molecular flexibility index (Phi) is 4.77. The first kappa shape index (κ1) is 18.4. The lowest BCUT2D eigenvalue weighted by atomic mass is 9.92. The summed E-state index contributed by atoms with van der Waals surface area (Å²) in [6, 6.07) is 9.26. The van der Waals surface area contributed by atoms with Crippen LogP contribution in [0.4, 0.5) is 5.95 Å². The van der Waals surface area contributed by atoms with E-state index in [4.69, 9.17) is 10.5 Å². The number of methoxy groups -OCH3 is 1. The van der Waals surface area contributed by atoms with Crippen LogP contribution in [0.3, 0.4) is 0 Å². The van der Waals surface area contributed by atoms with E-state index in [-0.39, 0.29) is 23.7 Å². The van der Waals surface area contributed by atoms with Crippen molar-refractivity contribution in [3.05, 3.63) is 46.4 Å². The van der Waals surface area contributed by atoms with Crippen LogP contribution in [0.25, 0.3) is 22.2 Å². The first-order valence-corrected chi connectivity index (χ1v) is 9.49. The first-order valence-electron chi connectivity index (χ1n) is 9.49. The second kappa shape index (κ2) is 7.24. The molecule has 7 heteroatoms. The predicted octanol–water partition coefficient (Wildman–Crippen LogP) is 2.83. The van der Waals surface area contributed by atoms with Crippen LogP contribution < -0.4 is 16.0 Å². The van der Waals surface area contributed by atoms with E-state index in [1.807, 2.05) is 37.3 Å². The molecule has 0 aliphatic heterocycles. The van der Waals surface area contributed by atoms with Gasteiger partial charge in [-0.15, -0.1) is 0 Å². The zero-order valence-corrected chi connectivity index (χ0v) is 16.1. The van der Waals surface area contributed by atoms with Gasteiger partial charge < -0.3 is 15.6 Å². The van der Waals surface area contributed by atoms with E-state index in [1.54, 1.807) is 11.7 Å². The van der Waals surface area contributed by atoms with E-state index >= 15 is 0 Å². The Morgan fingerprint density at radius 2 is 1.82 bits per heavy atom. The Morgan fingerprint density at radius 3 is 2.46 bits per heavy atom. The SMILES string of the molecule is COc1ccc(-c2cc3c(C)nc(N)nc3n(C3CCC(O)CC3)c2=O)cc1. The van der Waals surface area contributed by atoms with Crippen molar-refractivity contribution < 1.29 is 9.84 Å². The monoisotopic (exact) mass is 380 g/mol. The fourth-order valence-corrected chi connectivity index (χ4v) is 4.00. The highest BCUT2D eigenvalue weighted by Gasteiger charge is 2.25. The molecule has 3 aromatic rings. The summed E-state index contributed by atoms with van der Waals surface area (Å²) in [5, 5.41) is 10.7. The number of nitrogens with zero attached hydrogens (tertiary/aromatic N) is 3. The van der Waals surface area contributed by atoms with Crippen molar-refractivity contribution in [2.45, 2.75) is 44.8 Å². The molecule has 1 aromatic carbocycles. The normalized spacial score (nSPS) is 19.7. The lowest BCUT2D eigenvalue weighted by Crippen LogP contribution is -2.31. The van der Waals surface area contributed by atoms with Gasteiger partial charge in [-0.3, -0.25) is 9.36 Å². The van der Waals surface area contributed by atoms with Crippen LogP contribution in [0.2, 0.25) is 0 Å². The molecule has 0 radical (unpaired) electrons. The molecule has 7 nitrogen and oxygen atoms in total. The minimum atomic E-state index is -0.301. The van der Waals surface area contributed by atoms with Crippen molar-refractivity contribution >= 4 is 17.0 Å². The summed E-state index contributed by atoms with van der Waals surface area (Å²) >= 11 is 0. The number of benzene rings is 1. The minimum Gasteiger partial charge on any atom is -0.497 e. The second-order valence-electron chi connectivity index (χ2n) is 7.33. The summed E-state index contributed by atoms with van der Waals surface area (Å²) in [6.45, 7) is 1.87. The van der Waals surface area contributed by atoms with E-state index in [2.05, 4.69) is 9.97 Å². The van der Waals surface area contributed by atoms with Gasteiger partial charge in [0.05, 0.1) is 18.9 Å². The number of anilines is 1. The van der Waals surface area contributed by atoms with Crippen LogP contribution >= 0.6 is 0 Å². The van der Waals surface area contributed by atoms with Crippen LogP contribution in [0.1, 0.15) is 37.4 Å².